The Morgan fingerprint density at radius 1 is 1.12 bits per heavy atom. The van der Waals surface area contributed by atoms with Crippen LogP contribution in [0.4, 0.5) is 0 Å². The molecule has 2 saturated carbocycles. The fourth-order valence-electron chi connectivity index (χ4n) is 8.92. The van der Waals surface area contributed by atoms with Crippen molar-refractivity contribution in [1.29, 1.82) is 0 Å². The predicted octanol–water partition coefficient (Wildman–Crippen LogP) is 6.29. The molecule has 2 fully saturated rings. The maximum atomic E-state index is 11.2. The molecule has 0 bridgehead atoms. The molecule has 0 aromatic carbocycles. The van der Waals surface area contributed by atoms with E-state index in [-0.39, 0.29) is 33.3 Å². The molecule has 4 rings (SSSR count). The fourth-order valence-corrected chi connectivity index (χ4v) is 8.92. The van der Waals surface area contributed by atoms with Gasteiger partial charge < -0.3 is 15.3 Å². The van der Waals surface area contributed by atoms with Crippen LogP contribution in [0.25, 0.3) is 0 Å². The minimum Gasteiger partial charge on any atom is -0.478 e. The first kappa shape index (κ1) is 25.7. The van der Waals surface area contributed by atoms with E-state index in [1.807, 2.05) is 0 Å². The molecule has 4 nitrogen and oxygen atoms in total. The monoisotopic (exact) mass is 470 g/mol. The molecule has 4 aliphatic carbocycles. The van der Waals surface area contributed by atoms with E-state index in [1.54, 1.807) is 18.1 Å². The van der Waals surface area contributed by atoms with Crippen LogP contribution in [0.15, 0.2) is 34.9 Å². The fraction of sp³-hybridized carbons (Fsp3) is 0.767. The van der Waals surface area contributed by atoms with Crippen molar-refractivity contribution >= 4 is 5.97 Å². The minimum absolute atomic E-state index is 0.0814. The number of aliphatic hydroxyl groups is 2. The smallest absolute Gasteiger partial charge is 0.331 e. The number of aliphatic carboxylic acids is 1. The van der Waals surface area contributed by atoms with E-state index in [0.29, 0.717) is 24.2 Å². The maximum Gasteiger partial charge on any atom is 0.331 e. The van der Waals surface area contributed by atoms with Crippen LogP contribution < -0.4 is 0 Å². The first-order chi connectivity index (χ1) is 15.7. The summed E-state index contributed by atoms with van der Waals surface area (Å²) in [5.41, 5.74) is 3.60. The lowest BCUT2D eigenvalue weighted by Crippen LogP contribution is -2.54. The molecule has 190 valence electrons. The zero-order valence-corrected chi connectivity index (χ0v) is 22.3. The Kier molecular flexibility index (Phi) is 6.30. The van der Waals surface area contributed by atoms with Crippen LogP contribution in [0, 0.1) is 39.4 Å². The Hall–Kier alpha value is -1.39. The summed E-state index contributed by atoms with van der Waals surface area (Å²) in [5.74, 6) is 0.291. The quantitative estimate of drug-likeness (QED) is 0.413. The Balaban J connectivity index is 1.63. The third kappa shape index (κ3) is 3.58. The number of hydrogen-bond donors (Lipinski definition) is 3. The molecular weight excluding hydrogens is 424 g/mol. The zero-order valence-electron chi connectivity index (χ0n) is 22.3. The number of carboxylic acid groups (broad SMARTS) is 1. The summed E-state index contributed by atoms with van der Waals surface area (Å²) in [6, 6.07) is 0. The number of fused-ring (bicyclic) bond motifs is 5. The van der Waals surface area contributed by atoms with E-state index in [0.717, 1.165) is 38.5 Å². The number of hydrogen-bond acceptors (Lipinski definition) is 3. The van der Waals surface area contributed by atoms with Gasteiger partial charge in [-0.3, -0.25) is 0 Å². The lowest BCUT2D eigenvalue weighted by molar-refractivity contribution is -0.132. The molecule has 4 heteroatoms. The maximum absolute atomic E-state index is 11.2. The van der Waals surface area contributed by atoms with Gasteiger partial charge in [0.25, 0.3) is 0 Å². The largest absolute Gasteiger partial charge is 0.478 e. The second kappa shape index (κ2) is 8.34. The standard InChI is InChI=1S/C30H46O4/c1-18(16-20(31)17-19(2)26(33)34)21-10-14-30(7)23-8-9-24-27(3,4)25(32)12-13-28(24,5)22(23)11-15-29(21,30)6/h8,11,17-18,20-21,24-25,31-32H,9-10,12-16H2,1-7H3,(H,33,34)/b19-17-/t18?,20?,21-,24?,25?,28-,29-,30+/m1/s1. The summed E-state index contributed by atoms with van der Waals surface area (Å²) in [4.78, 5) is 11.2. The number of carbonyl (C=O) groups is 1. The van der Waals surface area contributed by atoms with Gasteiger partial charge in [0.1, 0.15) is 0 Å². The van der Waals surface area contributed by atoms with Gasteiger partial charge in [0.15, 0.2) is 0 Å². The lowest BCUT2D eigenvalue weighted by atomic mass is 9.44. The highest BCUT2D eigenvalue weighted by atomic mass is 16.4. The highest BCUT2D eigenvalue weighted by molar-refractivity contribution is 5.85. The molecule has 4 unspecified atom stereocenters. The van der Waals surface area contributed by atoms with Crippen molar-refractivity contribution < 1.29 is 20.1 Å². The average Bonchev–Trinajstić information content (AvgIpc) is 3.02. The summed E-state index contributed by atoms with van der Waals surface area (Å²) in [5, 5.41) is 30.5. The van der Waals surface area contributed by atoms with Crippen molar-refractivity contribution in [3.8, 4) is 0 Å². The van der Waals surface area contributed by atoms with Crippen LogP contribution in [-0.2, 0) is 4.79 Å². The predicted molar refractivity (Wildman–Crippen MR) is 136 cm³/mol. The van der Waals surface area contributed by atoms with Crippen LogP contribution >= 0.6 is 0 Å². The number of allylic oxidation sites excluding steroid dienone is 4. The van der Waals surface area contributed by atoms with Crippen molar-refractivity contribution in [2.24, 2.45) is 39.4 Å². The van der Waals surface area contributed by atoms with Gasteiger partial charge in [-0.05, 0) is 109 Å². The first-order valence-electron chi connectivity index (χ1n) is 13.4. The summed E-state index contributed by atoms with van der Waals surface area (Å²) in [7, 11) is 0. The Bertz CT molecular complexity index is 941. The van der Waals surface area contributed by atoms with E-state index in [9.17, 15) is 15.0 Å². The van der Waals surface area contributed by atoms with Crippen LogP contribution in [0.2, 0.25) is 0 Å². The molecule has 0 radical (unpaired) electrons. The molecular formula is C30H46O4. The molecule has 0 amide bonds. The normalized spacial score (nSPS) is 43.1. The van der Waals surface area contributed by atoms with Crippen molar-refractivity contribution in [2.45, 2.75) is 106 Å². The van der Waals surface area contributed by atoms with Crippen LogP contribution in [0.1, 0.15) is 93.4 Å². The van der Waals surface area contributed by atoms with E-state index in [1.165, 1.54) is 6.08 Å². The Labute approximate surface area is 206 Å². The van der Waals surface area contributed by atoms with E-state index >= 15 is 0 Å². The zero-order chi connectivity index (χ0) is 25.3. The average molecular weight is 471 g/mol. The SMILES string of the molecule is C/C(=C/C(O)CC(C)[C@H]1CC[C@@]2(C)C3=CCC4C(C)(C)C(O)CC[C@]4(C)C3=CC[C@]12C)C(=O)O. The van der Waals surface area contributed by atoms with Crippen molar-refractivity contribution in [3.05, 3.63) is 34.9 Å². The summed E-state index contributed by atoms with van der Waals surface area (Å²) in [6.07, 6.45) is 12.5. The molecule has 0 spiro atoms. The Morgan fingerprint density at radius 2 is 1.79 bits per heavy atom. The number of carboxylic acids is 1. The molecule has 8 atom stereocenters. The highest BCUT2D eigenvalue weighted by Gasteiger charge is 2.63. The topological polar surface area (TPSA) is 77.8 Å². The number of rotatable bonds is 5. The third-order valence-corrected chi connectivity index (χ3v) is 11.4. The van der Waals surface area contributed by atoms with Gasteiger partial charge in [-0.1, -0.05) is 53.7 Å². The molecule has 0 aromatic rings. The first-order valence-corrected chi connectivity index (χ1v) is 13.4. The Morgan fingerprint density at radius 3 is 2.44 bits per heavy atom. The molecule has 0 aromatic heterocycles. The second-order valence-corrected chi connectivity index (χ2v) is 13.4. The van der Waals surface area contributed by atoms with Crippen molar-refractivity contribution in [2.75, 3.05) is 0 Å². The van der Waals surface area contributed by atoms with Crippen LogP contribution in [0.5, 0.6) is 0 Å². The lowest BCUT2D eigenvalue weighted by Gasteiger charge is -2.61. The summed E-state index contributed by atoms with van der Waals surface area (Å²) < 4.78 is 0. The minimum atomic E-state index is -0.966. The van der Waals surface area contributed by atoms with Crippen molar-refractivity contribution in [1.82, 2.24) is 0 Å². The number of aliphatic hydroxyl groups excluding tert-OH is 2. The summed E-state index contributed by atoms with van der Waals surface area (Å²) >= 11 is 0. The molecule has 3 N–H and O–H groups in total. The molecule has 0 heterocycles. The van der Waals surface area contributed by atoms with Gasteiger partial charge in [0.05, 0.1) is 12.2 Å². The van der Waals surface area contributed by atoms with Crippen LogP contribution in [-0.4, -0.2) is 33.5 Å². The van der Waals surface area contributed by atoms with E-state index in [4.69, 9.17) is 5.11 Å². The van der Waals surface area contributed by atoms with E-state index in [2.05, 4.69) is 53.7 Å². The van der Waals surface area contributed by atoms with Gasteiger partial charge in [-0.15, -0.1) is 0 Å². The van der Waals surface area contributed by atoms with Crippen LogP contribution in [0.3, 0.4) is 0 Å². The summed E-state index contributed by atoms with van der Waals surface area (Å²) in [6.45, 7) is 15.7. The van der Waals surface area contributed by atoms with Gasteiger partial charge in [0, 0.05) is 5.57 Å². The molecule has 0 saturated heterocycles. The third-order valence-electron chi connectivity index (χ3n) is 11.4. The van der Waals surface area contributed by atoms with E-state index < -0.39 is 12.1 Å². The molecule has 4 aliphatic rings. The van der Waals surface area contributed by atoms with Gasteiger partial charge >= 0.3 is 5.97 Å². The molecule has 0 aliphatic heterocycles. The van der Waals surface area contributed by atoms with Gasteiger partial charge in [0.2, 0.25) is 0 Å². The highest BCUT2D eigenvalue weighted by Crippen LogP contribution is 2.71. The molecule has 34 heavy (non-hydrogen) atoms. The van der Waals surface area contributed by atoms with Crippen molar-refractivity contribution in [3.63, 3.8) is 0 Å². The van der Waals surface area contributed by atoms with Gasteiger partial charge in [-0.25, -0.2) is 4.79 Å². The second-order valence-electron chi connectivity index (χ2n) is 13.4. The van der Waals surface area contributed by atoms with Gasteiger partial charge in [-0.2, -0.15) is 0 Å².